The van der Waals surface area contributed by atoms with Crippen LogP contribution in [0.5, 0.6) is 0 Å². The van der Waals surface area contributed by atoms with E-state index >= 15 is 0 Å². The van der Waals surface area contributed by atoms with Crippen molar-refractivity contribution in [2.24, 2.45) is 5.92 Å². The summed E-state index contributed by atoms with van der Waals surface area (Å²) in [5.41, 5.74) is 0.918. The van der Waals surface area contributed by atoms with Crippen LogP contribution >= 0.6 is 0 Å². The lowest BCUT2D eigenvalue weighted by molar-refractivity contribution is -0.161. The first-order valence-electron chi connectivity index (χ1n) is 6.18. The molecule has 0 heterocycles. The third kappa shape index (κ3) is 6.65. The van der Waals surface area contributed by atoms with Crippen LogP contribution < -0.4 is 0 Å². The monoisotopic (exact) mass is 226 g/mol. The summed E-state index contributed by atoms with van der Waals surface area (Å²) in [5.74, 6) is -0.163. The molecule has 2 heteroatoms. The quantitative estimate of drug-likeness (QED) is 0.482. The van der Waals surface area contributed by atoms with Gasteiger partial charge < -0.3 is 4.74 Å². The van der Waals surface area contributed by atoms with E-state index in [-0.39, 0.29) is 17.5 Å². The Kier molecular flexibility index (Phi) is 6.39. The van der Waals surface area contributed by atoms with Gasteiger partial charge >= 0.3 is 5.97 Å². The number of carbonyl (C=O) groups is 1. The number of hydrogen-bond acceptors (Lipinski definition) is 2. The predicted molar refractivity (Wildman–Crippen MR) is 68.3 cm³/mol. The highest BCUT2D eigenvalue weighted by atomic mass is 16.6. The normalized spacial score (nSPS) is 11.6. The Labute approximate surface area is 100 Å². The van der Waals surface area contributed by atoms with Crippen LogP contribution in [0.25, 0.3) is 0 Å². The average molecular weight is 226 g/mol. The van der Waals surface area contributed by atoms with E-state index in [1.165, 1.54) is 5.57 Å². The first kappa shape index (κ1) is 15.2. The predicted octanol–water partition coefficient (Wildman–Crippen LogP) is 4.10. The molecule has 0 atom stereocenters. The van der Waals surface area contributed by atoms with Gasteiger partial charge in [-0.25, -0.2) is 0 Å². The van der Waals surface area contributed by atoms with Crippen molar-refractivity contribution in [3.05, 3.63) is 12.2 Å². The molecule has 0 saturated carbocycles. The zero-order valence-electron chi connectivity index (χ0n) is 11.4. The minimum atomic E-state index is -0.352. The van der Waals surface area contributed by atoms with Crippen molar-refractivity contribution in [1.29, 1.82) is 0 Å². The van der Waals surface area contributed by atoms with Gasteiger partial charge in [0.2, 0.25) is 0 Å². The van der Waals surface area contributed by atoms with Crippen LogP contribution in [0.15, 0.2) is 12.2 Å². The Morgan fingerprint density at radius 1 is 1.38 bits per heavy atom. The standard InChI is InChI=1S/C14H26O2/c1-7-12(4)9-8-10-14(5,6)16-13(15)11(2)3/h11H,4,7-10H2,1-3,5-6H3. The summed E-state index contributed by atoms with van der Waals surface area (Å²) in [7, 11) is 0. The van der Waals surface area contributed by atoms with Crippen LogP contribution in [0.4, 0.5) is 0 Å². The molecule has 16 heavy (non-hydrogen) atoms. The Morgan fingerprint density at radius 2 is 1.94 bits per heavy atom. The van der Waals surface area contributed by atoms with E-state index in [0.29, 0.717) is 0 Å². The van der Waals surface area contributed by atoms with Gasteiger partial charge in [-0.3, -0.25) is 4.79 Å². The number of hydrogen-bond donors (Lipinski definition) is 0. The first-order chi connectivity index (χ1) is 7.28. The molecule has 0 N–H and O–H groups in total. The molecule has 2 nitrogen and oxygen atoms in total. The lowest BCUT2D eigenvalue weighted by atomic mass is 9.98. The fourth-order valence-electron chi connectivity index (χ4n) is 1.38. The third-order valence-electron chi connectivity index (χ3n) is 2.66. The molecule has 0 aromatic carbocycles. The minimum Gasteiger partial charge on any atom is -0.459 e. The number of carbonyl (C=O) groups excluding carboxylic acids is 1. The fourth-order valence-corrected chi connectivity index (χ4v) is 1.38. The second-order valence-corrected chi connectivity index (χ2v) is 5.29. The van der Waals surface area contributed by atoms with Crippen molar-refractivity contribution in [2.45, 2.75) is 65.9 Å². The Hall–Kier alpha value is -0.790. The molecule has 0 bridgehead atoms. The van der Waals surface area contributed by atoms with E-state index in [1.54, 1.807) is 0 Å². The van der Waals surface area contributed by atoms with Crippen molar-refractivity contribution in [3.8, 4) is 0 Å². The van der Waals surface area contributed by atoms with Crippen molar-refractivity contribution >= 4 is 5.97 Å². The zero-order chi connectivity index (χ0) is 12.8. The molecule has 0 radical (unpaired) electrons. The molecule has 0 saturated heterocycles. The van der Waals surface area contributed by atoms with Crippen LogP contribution in [-0.2, 0) is 9.53 Å². The largest absolute Gasteiger partial charge is 0.459 e. The van der Waals surface area contributed by atoms with Crippen molar-refractivity contribution in [3.63, 3.8) is 0 Å². The number of rotatable bonds is 7. The average Bonchev–Trinajstić information content (AvgIpc) is 2.16. The second-order valence-electron chi connectivity index (χ2n) is 5.29. The van der Waals surface area contributed by atoms with Gasteiger partial charge in [0, 0.05) is 0 Å². The van der Waals surface area contributed by atoms with E-state index in [9.17, 15) is 4.79 Å². The van der Waals surface area contributed by atoms with Gasteiger partial charge in [-0.05, 0) is 39.5 Å². The van der Waals surface area contributed by atoms with Gasteiger partial charge in [0.25, 0.3) is 0 Å². The Bertz CT molecular complexity index is 239. The molecule has 0 aromatic heterocycles. The summed E-state index contributed by atoms with van der Waals surface area (Å²) in [6, 6.07) is 0. The van der Waals surface area contributed by atoms with Gasteiger partial charge in [0.05, 0.1) is 5.92 Å². The summed E-state index contributed by atoms with van der Waals surface area (Å²) in [6.45, 7) is 13.8. The highest BCUT2D eigenvalue weighted by Crippen LogP contribution is 2.21. The maximum atomic E-state index is 11.5. The Balaban J connectivity index is 3.96. The van der Waals surface area contributed by atoms with Crippen LogP contribution in [0.2, 0.25) is 0 Å². The number of esters is 1. The lowest BCUT2D eigenvalue weighted by Gasteiger charge is -2.26. The lowest BCUT2D eigenvalue weighted by Crippen LogP contribution is -2.30. The SMILES string of the molecule is C=C(CC)CCCC(C)(C)OC(=O)C(C)C. The number of allylic oxidation sites excluding steroid dienone is 1. The van der Waals surface area contributed by atoms with E-state index < -0.39 is 0 Å². The fraction of sp³-hybridized carbons (Fsp3) is 0.786. The maximum absolute atomic E-state index is 11.5. The van der Waals surface area contributed by atoms with Crippen LogP contribution in [-0.4, -0.2) is 11.6 Å². The van der Waals surface area contributed by atoms with Gasteiger partial charge in [-0.1, -0.05) is 32.9 Å². The summed E-state index contributed by atoms with van der Waals surface area (Å²) in [4.78, 5) is 11.5. The van der Waals surface area contributed by atoms with Crippen LogP contribution in [0, 0.1) is 5.92 Å². The van der Waals surface area contributed by atoms with Crippen LogP contribution in [0.3, 0.4) is 0 Å². The summed E-state index contributed by atoms with van der Waals surface area (Å²) in [6.07, 6.45) is 3.99. The molecule has 0 aliphatic rings. The van der Waals surface area contributed by atoms with Crippen molar-refractivity contribution < 1.29 is 9.53 Å². The van der Waals surface area contributed by atoms with Gasteiger partial charge in [0.15, 0.2) is 0 Å². The van der Waals surface area contributed by atoms with Gasteiger partial charge in [0.1, 0.15) is 5.60 Å². The molecule has 0 spiro atoms. The molecule has 0 aromatic rings. The van der Waals surface area contributed by atoms with Crippen molar-refractivity contribution in [2.75, 3.05) is 0 Å². The van der Waals surface area contributed by atoms with E-state index in [1.807, 2.05) is 27.7 Å². The van der Waals surface area contributed by atoms with Gasteiger partial charge in [-0.15, -0.1) is 0 Å². The van der Waals surface area contributed by atoms with E-state index in [4.69, 9.17) is 4.74 Å². The minimum absolute atomic E-state index is 0.0510. The molecular formula is C14H26O2. The van der Waals surface area contributed by atoms with E-state index in [2.05, 4.69) is 13.5 Å². The smallest absolute Gasteiger partial charge is 0.308 e. The second kappa shape index (κ2) is 6.72. The van der Waals surface area contributed by atoms with Crippen LogP contribution in [0.1, 0.15) is 60.3 Å². The molecule has 0 unspecified atom stereocenters. The molecular weight excluding hydrogens is 200 g/mol. The van der Waals surface area contributed by atoms with Crippen molar-refractivity contribution in [1.82, 2.24) is 0 Å². The molecule has 0 aliphatic carbocycles. The highest BCUT2D eigenvalue weighted by Gasteiger charge is 2.23. The molecule has 0 aliphatic heterocycles. The Morgan fingerprint density at radius 3 is 2.38 bits per heavy atom. The van der Waals surface area contributed by atoms with Gasteiger partial charge in [-0.2, -0.15) is 0 Å². The summed E-state index contributed by atoms with van der Waals surface area (Å²) >= 11 is 0. The topological polar surface area (TPSA) is 26.3 Å². The molecule has 94 valence electrons. The van der Waals surface area contributed by atoms with E-state index in [0.717, 1.165) is 25.7 Å². The number of ether oxygens (including phenoxy) is 1. The summed E-state index contributed by atoms with van der Waals surface area (Å²) in [5, 5.41) is 0. The zero-order valence-corrected chi connectivity index (χ0v) is 11.4. The highest BCUT2D eigenvalue weighted by molar-refractivity contribution is 5.71. The molecule has 0 rings (SSSR count). The third-order valence-corrected chi connectivity index (χ3v) is 2.66. The molecule has 0 fully saturated rings. The first-order valence-corrected chi connectivity index (χ1v) is 6.18. The molecule has 0 amide bonds. The summed E-state index contributed by atoms with van der Waals surface area (Å²) < 4.78 is 5.45. The maximum Gasteiger partial charge on any atom is 0.308 e.